The van der Waals surface area contributed by atoms with Crippen LogP contribution in [0.15, 0.2) is 11.8 Å². The Balaban J connectivity index is 2.21. The Kier molecular flexibility index (Phi) is 1.58. The lowest BCUT2D eigenvalue weighted by Gasteiger charge is -2.32. The zero-order valence-electron chi connectivity index (χ0n) is 6.67. The van der Waals surface area contributed by atoms with E-state index in [-0.39, 0.29) is 5.76 Å². The van der Waals surface area contributed by atoms with Crippen molar-refractivity contribution in [2.45, 2.75) is 18.4 Å². The van der Waals surface area contributed by atoms with E-state index < -0.39 is 11.6 Å². The highest BCUT2D eigenvalue weighted by Crippen LogP contribution is 2.34. The van der Waals surface area contributed by atoms with Gasteiger partial charge < -0.3 is 15.2 Å². The van der Waals surface area contributed by atoms with Crippen LogP contribution >= 0.6 is 0 Å². The van der Waals surface area contributed by atoms with Gasteiger partial charge in [-0.25, -0.2) is 4.79 Å². The third-order valence-corrected chi connectivity index (χ3v) is 2.43. The molecular formula is C8H11NO3. The minimum absolute atomic E-state index is 0.0917. The summed E-state index contributed by atoms with van der Waals surface area (Å²) in [6.07, 6.45) is 2.51. The van der Waals surface area contributed by atoms with Crippen molar-refractivity contribution < 1.29 is 14.6 Å². The predicted molar refractivity (Wildman–Crippen MR) is 41.6 cm³/mol. The van der Waals surface area contributed by atoms with Gasteiger partial charge in [-0.15, -0.1) is 0 Å². The van der Waals surface area contributed by atoms with E-state index in [4.69, 9.17) is 4.74 Å². The lowest BCUT2D eigenvalue weighted by Crippen LogP contribution is -2.43. The van der Waals surface area contributed by atoms with Crippen molar-refractivity contribution in [3.63, 3.8) is 0 Å². The SMILES string of the molecule is O=C1C=C(O)C2(CCNCC2)O1. The van der Waals surface area contributed by atoms with E-state index in [1.165, 1.54) is 6.08 Å². The van der Waals surface area contributed by atoms with E-state index in [0.717, 1.165) is 13.1 Å². The van der Waals surface area contributed by atoms with Gasteiger partial charge >= 0.3 is 5.97 Å². The zero-order chi connectivity index (χ0) is 8.60. The van der Waals surface area contributed by atoms with Crippen molar-refractivity contribution in [2.75, 3.05) is 13.1 Å². The van der Waals surface area contributed by atoms with E-state index >= 15 is 0 Å². The van der Waals surface area contributed by atoms with Crippen LogP contribution in [-0.2, 0) is 9.53 Å². The highest BCUT2D eigenvalue weighted by Gasteiger charge is 2.44. The van der Waals surface area contributed by atoms with Crippen LogP contribution in [0.1, 0.15) is 12.8 Å². The number of hydrogen-bond donors (Lipinski definition) is 2. The third-order valence-electron chi connectivity index (χ3n) is 2.43. The minimum atomic E-state index is -0.692. The molecule has 4 heteroatoms. The molecule has 0 atom stereocenters. The van der Waals surface area contributed by atoms with Gasteiger partial charge in [-0.3, -0.25) is 0 Å². The number of aliphatic hydroxyl groups is 1. The van der Waals surface area contributed by atoms with E-state index in [0.29, 0.717) is 12.8 Å². The summed E-state index contributed by atoms with van der Waals surface area (Å²) in [6, 6.07) is 0. The monoisotopic (exact) mass is 169 g/mol. The summed E-state index contributed by atoms with van der Waals surface area (Å²) in [5.41, 5.74) is -0.692. The van der Waals surface area contributed by atoms with Crippen LogP contribution in [0.5, 0.6) is 0 Å². The number of hydrogen-bond acceptors (Lipinski definition) is 4. The van der Waals surface area contributed by atoms with Crippen LogP contribution in [0, 0.1) is 0 Å². The van der Waals surface area contributed by atoms with Crippen molar-refractivity contribution in [3.8, 4) is 0 Å². The standard InChI is InChI=1S/C8H11NO3/c10-6-5-7(11)12-8(6)1-3-9-4-2-8/h5,9-10H,1-4H2. The fourth-order valence-corrected chi connectivity index (χ4v) is 1.71. The van der Waals surface area contributed by atoms with Crippen molar-refractivity contribution in [1.82, 2.24) is 5.32 Å². The van der Waals surface area contributed by atoms with Gasteiger partial charge in [0.25, 0.3) is 0 Å². The summed E-state index contributed by atoms with van der Waals surface area (Å²) in [4.78, 5) is 10.8. The average molecular weight is 169 g/mol. The minimum Gasteiger partial charge on any atom is -0.508 e. The molecule has 0 aromatic heterocycles. The first-order chi connectivity index (χ1) is 5.73. The average Bonchev–Trinajstić information content (AvgIpc) is 2.29. The molecule has 0 aromatic carbocycles. The highest BCUT2D eigenvalue weighted by atomic mass is 16.6. The van der Waals surface area contributed by atoms with Crippen molar-refractivity contribution in [1.29, 1.82) is 0 Å². The van der Waals surface area contributed by atoms with Gasteiger partial charge in [0.2, 0.25) is 0 Å². The fourth-order valence-electron chi connectivity index (χ4n) is 1.71. The molecule has 2 rings (SSSR count). The largest absolute Gasteiger partial charge is 0.508 e. The zero-order valence-corrected chi connectivity index (χ0v) is 6.67. The lowest BCUT2D eigenvalue weighted by atomic mass is 9.91. The second kappa shape index (κ2) is 2.48. The first kappa shape index (κ1) is 7.61. The van der Waals surface area contributed by atoms with Gasteiger partial charge in [0.15, 0.2) is 5.60 Å². The Hall–Kier alpha value is -1.03. The quantitative estimate of drug-likeness (QED) is 0.505. The van der Waals surface area contributed by atoms with Gasteiger partial charge in [0.1, 0.15) is 5.76 Å². The number of nitrogens with one attached hydrogen (secondary N) is 1. The number of rotatable bonds is 0. The van der Waals surface area contributed by atoms with Gasteiger partial charge in [-0.05, 0) is 13.1 Å². The summed E-state index contributed by atoms with van der Waals surface area (Å²) in [7, 11) is 0. The molecule has 0 aromatic rings. The molecule has 0 aliphatic carbocycles. The van der Waals surface area contributed by atoms with Crippen molar-refractivity contribution >= 4 is 5.97 Å². The Morgan fingerprint density at radius 2 is 2.17 bits per heavy atom. The van der Waals surface area contributed by atoms with Gasteiger partial charge in [-0.2, -0.15) is 0 Å². The molecule has 66 valence electrons. The lowest BCUT2D eigenvalue weighted by molar-refractivity contribution is -0.149. The molecule has 0 bridgehead atoms. The normalized spacial score (nSPS) is 27.0. The predicted octanol–water partition coefficient (Wildman–Crippen LogP) is 0.107. The molecule has 2 aliphatic rings. The number of piperidine rings is 1. The maximum Gasteiger partial charge on any atom is 0.335 e. The maximum atomic E-state index is 10.8. The number of aliphatic hydroxyl groups excluding tert-OH is 1. The molecular weight excluding hydrogens is 158 g/mol. The smallest absolute Gasteiger partial charge is 0.335 e. The van der Waals surface area contributed by atoms with Crippen LogP contribution in [-0.4, -0.2) is 29.8 Å². The number of carbonyl (C=O) groups excluding carboxylic acids is 1. The number of ether oxygens (including phenoxy) is 1. The van der Waals surface area contributed by atoms with E-state index in [1.54, 1.807) is 0 Å². The number of esters is 1. The molecule has 2 aliphatic heterocycles. The highest BCUT2D eigenvalue weighted by molar-refractivity contribution is 5.86. The Morgan fingerprint density at radius 1 is 1.50 bits per heavy atom. The summed E-state index contributed by atoms with van der Waals surface area (Å²) >= 11 is 0. The van der Waals surface area contributed by atoms with E-state index in [1.807, 2.05) is 0 Å². The first-order valence-electron chi connectivity index (χ1n) is 4.08. The second-order valence-electron chi connectivity index (χ2n) is 3.19. The second-order valence-corrected chi connectivity index (χ2v) is 3.19. The van der Waals surface area contributed by atoms with E-state index in [2.05, 4.69) is 5.32 Å². The van der Waals surface area contributed by atoms with E-state index in [9.17, 15) is 9.90 Å². The van der Waals surface area contributed by atoms with Crippen LogP contribution in [0.3, 0.4) is 0 Å². The molecule has 1 saturated heterocycles. The van der Waals surface area contributed by atoms with Crippen LogP contribution in [0.25, 0.3) is 0 Å². The Labute approximate surface area is 70.2 Å². The molecule has 2 heterocycles. The molecule has 12 heavy (non-hydrogen) atoms. The summed E-state index contributed by atoms with van der Waals surface area (Å²) in [5.74, 6) is -0.330. The van der Waals surface area contributed by atoms with Crippen LogP contribution < -0.4 is 5.32 Å². The fraction of sp³-hybridized carbons (Fsp3) is 0.625. The molecule has 1 spiro atoms. The third kappa shape index (κ3) is 0.992. The molecule has 0 radical (unpaired) electrons. The number of carbonyl (C=O) groups is 1. The molecule has 2 N–H and O–H groups in total. The molecule has 0 amide bonds. The van der Waals surface area contributed by atoms with Gasteiger partial charge in [0.05, 0.1) is 6.08 Å². The Bertz CT molecular complexity index is 241. The summed E-state index contributed by atoms with van der Waals surface area (Å²) < 4.78 is 5.08. The van der Waals surface area contributed by atoms with Crippen molar-refractivity contribution in [3.05, 3.63) is 11.8 Å². The van der Waals surface area contributed by atoms with Gasteiger partial charge in [0, 0.05) is 12.8 Å². The molecule has 4 nitrogen and oxygen atoms in total. The van der Waals surface area contributed by atoms with Gasteiger partial charge in [-0.1, -0.05) is 0 Å². The van der Waals surface area contributed by atoms with Crippen molar-refractivity contribution in [2.24, 2.45) is 0 Å². The topological polar surface area (TPSA) is 58.6 Å². The molecule has 1 fully saturated rings. The maximum absolute atomic E-state index is 10.8. The Morgan fingerprint density at radius 3 is 2.67 bits per heavy atom. The van der Waals surface area contributed by atoms with Crippen LogP contribution in [0.2, 0.25) is 0 Å². The summed E-state index contributed by atoms with van der Waals surface area (Å²) in [5, 5.41) is 12.6. The first-order valence-corrected chi connectivity index (χ1v) is 4.08. The summed E-state index contributed by atoms with van der Waals surface area (Å²) in [6.45, 7) is 1.57. The van der Waals surface area contributed by atoms with Crippen LogP contribution in [0.4, 0.5) is 0 Å². The molecule has 0 saturated carbocycles. The molecule has 0 unspecified atom stereocenters.